The van der Waals surface area contributed by atoms with Crippen molar-refractivity contribution in [2.75, 3.05) is 18.5 Å². The van der Waals surface area contributed by atoms with Gasteiger partial charge in [0.2, 0.25) is 0 Å². The molecule has 3 heterocycles. The molecule has 0 unspecified atom stereocenters. The van der Waals surface area contributed by atoms with Gasteiger partial charge < -0.3 is 14.6 Å². The average molecular weight is 394 g/mol. The number of thioether (sulfide) groups is 1. The minimum absolute atomic E-state index is 0.205. The van der Waals surface area contributed by atoms with Gasteiger partial charge in [0.15, 0.2) is 0 Å². The number of amides is 1. The molecule has 0 spiro atoms. The predicted molar refractivity (Wildman–Crippen MR) is 113 cm³/mol. The Morgan fingerprint density at radius 2 is 1.96 bits per heavy atom. The van der Waals surface area contributed by atoms with E-state index in [9.17, 15) is 4.79 Å². The molecule has 6 heteroatoms. The van der Waals surface area contributed by atoms with Gasteiger partial charge in [-0.05, 0) is 54.8 Å². The van der Waals surface area contributed by atoms with Gasteiger partial charge in [-0.15, -0.1) is 0 Å². The van der Waals surface area contributed by atoms with Crippen molar-refractivity contribution in [3.63, 3.8) is 0 Å². The number of aromatic nitrogens is 2. The van der Waals surface area contributed by atoms with Crippen LogP contribution in [0.15, 0.2) is 67.1 Å². The molecule has 1 amide bonds. The zero-order valence-corrected chi connectivity index (χ0v) is 16.4. The van der Waals surface area contributed by atoms with Gasteiger partial charge in [-0.2, -0.15) is 11.8 Å². The molecular weight excluding hydrogens is 370 g/mol. The second kappa shape index (κ2) is 9.08. The lowest BCUT2D eigenvalue weighted by molar-refractivity contribution is 0.0999. The van der Waals surface area contributed by atoms with Crippen LogP contribution in [0.3, 0.4) is 0 Å². The van der Waals surface area contributed by atoms with E-state index in [1.54, 1.807) is 12.3 Å². The molecule has 1 aliphatic rings. The van der Waals surface area contributed by atoms with E-state index in [0.717, 1.165) is 43.2 Å². The smallest absolute Gasteiger partial charge is 0.274 e. The summed E-state index contributed by atoms with van der Waals surface area (Å²) in [5.41, 5.74) is 3.31. The van der Waals surface area contributed by atoms with Crippen molar-refractivity contribution in [3.05, 3.63) is 78.4 Å². The Morgan fingerprint density at radius 1 is 1.14 bits per heavy atom. The highest BCUT2D eigenvalue weighted by molar-refractivity contribution is 7.99. The second-order valence-corrected chi connectivity index (χ2v) is 8.06. The molecule has 1 N–H and O–H groups in total. The first kappa shape index (κ1) is 18.8. The van der Waals surface area contributed by atoms with Gasteiger partial charge in [-0.25, -0.2) is 0 Å². The molecule has 1 aromatic carbocycles. The largest absolute Gasteiger partial charge is 0.381 e. The predicted octanol–water partition coefficient (Wildman–Crippen LogP) is 4.54. The third-order valence-corrected chi connectivity index (χ3v) is 6.16. The molecule has 2 aromatic heterocycles. The Hall–Kier alpha value is -2.57. The minimum atomic E-state index is -0.205. The maximum Gasteiger partial charge on any atom is 0.274 e. The standard InChI is InChI=1S/C22H23N3O2S/c26-22(21-15-19(6-9-23-21)25-10-1-2-11-25)24-18-5-3-4-17(14-18)16-28-20-7-12-27-13-8-20/h1-6,9-11,14-15,20H,7-8,12-13,16H2,(H,24,26). The van der Waals surface area contributed by atoms with Crippen molar-refractivity contribution in [1.82, 2.24) is 9.55 Å². The molecule has 28 heavy (non-hydrogen) atoms. The number of carbonyl (C=O) groups excluding carboxylic acids is 1. The highest BCUT2D eigenvalue weighted by Crippen LogP contribution is 2.26. The van der Waals surface area contributed by atoms with Gasteiger partial charge in [0, 0.05) is 54.2 Å². The van der Waals surface area contributed by atoms with E-state index in [0.29, 0.717) is 10.9 Å². The quantitative estimate of drug-likeness (QED) is 0.668. The van der Waals surface area contributed by atoms with Crippen LogP contribution >= 0.6 is 11.8 Å². The lowest BCUT2D eigenvalue weighted by Crippen LogP contribution is -2.17. The number of nitrogens with zero attached hydrogens (tertiary/aromatic N) is 2. The van der Waals surface area contributed by atoms with Gasteiger partial charge in [-0.1, -0.05) is 12.1 Å². The second-order valence-electron chi connectivity index (χ2n) is 6.77. The highest BCUT2D eigenvalue weighted by atomic mass is 32.2. The first-order chi connectivity index (χ1) is 13.8. The first-order valence-corrected chi connectivity index (χ1v) is 10.5. The SMILES string of the molecule is O=C(Nc1cccc(CSC2CCOCC2)c1)c1cc(-n2cccc2)ccn1. The molecule has 3 aromatic rings. The molecule has 144 valence electrons. The summed E-state index contributed by atoms with van der Waals surface area (Å²) in [5, 5.41) is 3.63. The molecule has 1 saturated heterocycles. The van der Waals surface area contributed by atoms with Crippen LogP contribution in [-0.4, -0.2) is 33.9 Å². The first-order valence-electron chi connectivity index (χ1n) is 9.47. The van der Waals surface area contributed by atoms with E-state index >= 15 is 0 Å². The Bertz CT molecular complexity index is 921. The lowest BCUT2D eigenvalue weighted by atomic mass is 10.2. The summed E-state index contributed by atoms with van der Waals surface area (Å²) < 4.78 is 7.37. The number of pyridine rings is 1. The summed E-state index contributed by atoms with van der Waals surface area (Å²) in [7, 11) is 0. The number of hydrogen-bond donors (Lipinski definition) is 1. The summed E-state index contributed by atoms with van der Waals surface area (Å²) >= 11 is 1.97. The van der Waals surface area contributed by atoms with Crippen LogP contribution in [0, 0.1) is 0 Å². The molecule has 0 saturated carbocycles. The van der Waals surface area contributed by atoms with E-state index in [-0.39, 0.29) is 5.91 Å². The molecule has 0 aliphatic carbocycles. The van der Waals surface area contributed by atoms with Gasteiger partial charge in [0.05, 0.1) is 0 Å². The normalized spacial score (nSPS) is 14.7. The fourth-order valence-electron chi connectivity index (χ4n) is 3.20. The van der Waals surface area contributed by atoms with Crippen molar-refractivity contribution < 1.29 is 9.53 Å². The number of benzene rings is 1. The van der Waals surface area contributed by atoms with Crippen molar-refractivity contribution in [1.29, 1.82) is 0 Å². The molecule has 4 rings (SSSR count). The van der Waals surface area contributed by atoms with Crippen molar-refractivity contribution in [2.24, 2.45) is 0 Å². The average Bonchev–Trinajstić information content (AvgIpc) is 3.28. The fourth-order valence-corrected chi connectivity index (χ4v) is 4.34. The van der Waals surface area contributed by atoms with E-state index in [4.69, 9.17) is 4.74 Å². The maximum absolute atomic E-state index is 12.7. The molecule has 0 radical (unpaired) electrons. The third kappa shape index (κ3) is 4.82. The van der Waals surface area contributed by atoms with Gasteiger partial charge in [-0.3, -0.25) is 9.78 Å². The van der Waals surface area contributed by atoms with Crippen LogP contribution in [0.25, 0.3) is 5.69 Å². The monoisotopic (exact) mass is 393 g/mol. The van der Waals surface area contributed by atoms with E-state index in [1.165, 1.54) is 5.56 Å². The van der Waals surface area contributed by atoms with Crippen LogP contribution in [0.1, 0.15) is 28.9 Å². The van der Waals surface area contributed by atoms with Crippen LogP contribution in [0.2, 0.25) is 0 Å². The number of rotatable bonds is 6. The number of ether oxygens (including phenoxy) is 1. The molecule has 1 aliphatic heterocycles. The summed E-state index contributed by atoms with van der Waals surface area (Å²) in [6.07, 6.45) is 7.77. The topological polar surface area (TPSA) is 56.1 Å². The summed E-state index contributed by atoms with van der Waals surface area (Å²) in [6, 6.07) is 15.6. The maximum atomic E-state index is 12.7. The molecule has 0 bridgehead atoms. The number of carbonyl (C=O) groups is 1. The molecule has 0 atom stereocenters. The minimum Gasteiger partial charge on any atom is -0.381 e. The Balaban J connectivity index is 1.40. The molecular formula is C22H23N3O2S. The zero-order valence-electron chi connectivity index (χ0n) is 15.6. The van der Waals surface area contributed by atoms with Crippen LogP contribution < -0.4 is 5.32 Å². The Kier molecular flexibility index (Phi) is 6.09. The summed E-state index contributed by atoms with van der Waals surface area (Å²) in [6.45, 7) is 1.73. The van der Waals surface area contributed by atoms with E-state index in [1.807, 2.05) is 65.1 Å². The van der Waals surface area contributed by atoms with E-state index in [2.05, 4.69) is 16.4 Å². The van der Waals surface area contributed by atoms with Crippen LogP contribution in [-0.2, 0) is 10.5 Å². The number of nitrogens with one attached hydrogen (secondary N) is 1. The van der Waals surface area contributed by atoms with Gasteiger partial charge in [0.25, 0.3) is 5.91 Å². The number of hydrogen-bond acceptors (Lipinski definition) is 4. The van der Waals surface area contributed by atoms with Crippen molar-refractivity contribution in [2.45, 2.75) is 23.8 Å². The Morgan fingerprint density at radius 3 is 2.79 bits per heavy atom. The highest BCUT2D eigenvalue weighted by Gasteiger charge is 2.14. The van der Waals surface area contributed by atoms with Crippen molar-refractivity contribution >= 4 is 23.4 Å². The van der Waals surface area contributed by atoms with E-state index < -0.39 is 0 Å². The zero-order chi connectivity index (χ0) is 19.2. The summed E-state index contributed by atoms with van der Waals surface area (Å²) in [5.74, 6) is 0.735. The Labute approximate surface area is 169 Å². The summed E-state index contributed by atoms with van der Waals surface area (Å²) in [4.78, 5) is 16.9. The van der Waals surface area contributed by atoms with Crippen LogP contribution in [0.5, 0.6) is 0 Å². The molecule has 5 nitrogen and oxygen atoms in total. The fraction of sp³-hybridized carbons (Fsp3) is 0.273. The molecule has 1 fully saturated rings. The van der Waals surface area contributed by atoms with Gasteiger partial charge in [0.1, 0.15) is 5.69 Å². The van der Waals surface area contributed by atoms with Crippen molar-refractivity contribution in [3.8, 4) is 5.69 Å². The number of anilines is 1. The van der Waals surface area contributed by atoms with Crippen LogP contribution in [0.4, 0.5) is 5.69 Å². The lowest BCUT2D eigenvalue weighted by Gasteiger charge is -2.21. The van der Waals surface area contributed by atoms with Gasteiger partial charge >= 0.3 is 0 Å². The third-order valence-electron chi connectivity index (χ3n) is 4.72.